The van der Waals surface area contributed by atoms with Crippen molar-refractivity contribution in [2.45, 2.75) is 46.7 Å². The van der Waals surface area contributed by atoms with Crippen molar-refractivity contribution >= 4 is 0 Å². The monoisotopic (exact) mass is 184 g/mol. The van der Waals surface area contributed by atoms with Crippen LogP contribution in [0.1, 0.15) is 41.0 Å². The molecule has 0 N–H and O–H groups in total. The van der Waals surface area contributed by atoms with Crippen LogP contribution in [-0.2, 0) is 0 Å². The van der Waals surface area contributed by atoms with E-state index in [9.17, 15) is 4.39 Å². The van der Waals surface area contributed by atoms with E-state index in [1.165, 1.54) is 0 Å². The predicted molar refractivity (Wildman–Crippen MR) is 57.5 cm³/mol. The van der Waals surface area contributed by atoms with E-state index < -0.39 is 5.67 Å². The Balaban J connectivity index is 4.68. The van der Waals surface area contributed by atoms with Crippen molar-refractivity contribution in [2.75, 3.05) is 0 Å². The van der Waals surface area contributed by atoms with Crippen LogP contribution in [-0.4, -0.2) is 5.67 Å². The molecule has 0 aliphatic heterocycles. The SMILES string of the molecule is C=C(/C=C(\CC)C(C)(C)F)C(C)C. The highest BCUT2D eigenvalue weighted by Gasteiger charge is 2.20. The predicted octanol–water partition coefficient (Wildman–Crippen LogP) is 4.28. The summed E-state index contributed by atoms with van der Waals surface area (Å²) >= 11 is 0. The lowest BCUT2D eigenvalue weighted by molar-refractivity contribution is 0.262. The molecule has 0 saturated carbocycles. The third-order valence-electron chi connectivity index (χ3n) is 2.25. The smallest absolute Gasteiger partial charge is 0.126 e. The van der Waals surface area contributed by atoms with Crippen LogP contribution in [0, 0.1) is 5.92 Å². The summed E-state index contributed by atoms with van der Waals surface area (Å²) in [5, 5.41) is 0. The van der Waals surface area contributed by atoms with Gasteiger partial charge in [0.2, 0.25) is 0 Å². The second-order valence-corrected chi connectivity index (χ2v) is 4.23. The normalized spacial score (nSPS) is 13.6. The van der Waals surface area contributed by atoms with Gasteiger partial charge in [-0.05, 0) is 31.8 Å². The molecule has 0 fully saturated rings. The third-order valence-corrected chi connectivity index (χ3v) is 2.25. The van der Waals surface area contributed by atoms with Gasteiger partial charge in [-0.2, -0.15) is 0 Å². The quantitative estimate of drug-likeness (QED) is 0.572. The zero-order valence-corrected chi connectivity index (χ0v) is 9.45. The average Bonchev–Trinajstić information content (AvgIpc) is 1.96. The van der Waals surface area contributed by atoms with Crippen molar-refractivity contribution in [1.82, 2.24) is 0 Å². The molecule has 0 rings (SSSR count). The molecule has 0 nitrogen and oxygen atoms in total. The van der Waals surface area contributed by atoms with Crippen molar-refractivity contribution in [1.29, 1.82) is 0 Å². The first-order chi connectivity index (χ1) is 5.79. The summed E-state index contributed by atoms with van der Waals surface area (Å²) in [6.07, 6.45) is 2.64. The van der Waals surface area contributed by atoms with Gasteiger partial charge in [-0.25, -0.2) is 4.39 Å². The fourth-order valence-corrected chi connectivity index (χ4v) is 1.08. The van der Waals surface area contributed by atoms with Crippen molar-refractivity contribution in [3.8, 4) is 0 Å². The lowest BCUT2D eigenvalue weighted by Crippen LogP contribution is -2.15. The van der Waals surface area contributed by atoms with E-state index in [0.29, 0.717) is 5.92 Å². The summed E-state index contributed by atoms with van der Waals surface area (Å²) in [7, 11) is 0. The summed E-state index contributed by atoms with van der Waals surface area (Å²) in [6, 6.07) is 0. The first-order valence-corrected chi connectivity index (χ1v) is 4.87. The Morgan fingerprint density at radius 2 is 1.92 bits per heavy atom. The first kappa shape index (κ1) is 12.4. The zero-order chi connectivity index (χ0) is 10.6. The summed E-state index contributed by atoms with van der Waals surface area (Å²) < 4.78 is 13.6. The lowest BCUT2D eigenvalue weighted by atomic mass is 9.93. The van der Waals surface area contributed by atoms with Gasteiger partial charge < -0.3 is 0 Å². The molecule has 0 aliphatic carbocycles. The van der Waals surface area contributed by atoms with E-state index in [-0.39, 0.29) is 0 Å². The van der Waals surface area contributed by atoms with Crippen LogP contribution >= 0.6 is 0 Å². The van der Waals surface area contributed by atoms with Crippen molar-refractivity contribution in [2.24, 2.45) is 5.92 Å². The molecule has 0 aromatic carbocycles. The fraction of sp³-hybridized carbons (Fsp3) is 0.667. The van der Waals surface area contributed by atoms with Crippen LogP contribution in [0.3, 0.4) is 0 Å². The second-order valence-electron chi connectivity index (χ2n) is 4.23. The molecule has 0 saturated heterocycles. The van der Waals surface area contributed by atoms with E-state index in [0.717, 1.165) is 17.6 Å². The van der Waals surface area contributed by atoms with Gasteiger partial charge in [-0.15, -0.1) is 0 Å². The standard InChI is InChI=1S/C12H21F/c1-7-11(12(5,6)13)8-10(4)9(2)3/h8-9H,4,7H2,1-3,5-6H3/b11-8+. The molecular formula is C12H21F. The minimum atomic E-state index is -1.22. The summed E-state index contributed by atoms with van der Waals surface area (Å²) in [6.45, 7) is 13.2. The molecular weight excluding hydrogens is 163 g/mol. The Kier molecular flexibility index (Phi) is 4.38. The highest BCUT2D eigenvalue weighted by atomic mass is 19.1. The van der Waals surface area contributed by atoms with Gasteiger partial charge in [0.05, 0.1) is 0 Å². The van der Waals surface area contributed by atoms with E-state index in [1.54, 1.807) is 13.8 Å². The molecule has 0 heterocycles. The van der Waals surface area contributed by atoms with E-state index >= 15 is 0 Å². The number of hydrogen-bond donors (Lipinski definition) is 0. The molecule has 0 aromatic rings. The molecule has 0 unspecified atom stereocenters. The second kappa shape index (κ2) is 4.59. The molecule has 76 valence electrons. The first-order valence-electron chi connectivity index (χ1n) is 4.87. The largest absolute Gasteiger partial charge is 0.240 e. The molecule has 13 heavy (non-hydrogen) atoms. The highest BCUT2D eigenvalue weighted by molar-refractivity contribution is 5.26. The van der Waals surface area contributed by atoms with E-state index in [2.05, 4.69) is 20.4 Å². The number of alkyl halides is 1. The van der Waals surface area contributed by atoms with Gasteiger partial charge in [0.25, 0.3) is 0 Å². The van der Waals surface area contributed by atoms with E-state index in [4.69, 9.17) is 0 Å². The summed E-state index contributed by atoms with van der Waals surface area (Å²) in [5.41, 5.74) is 0.612. The Morgan fingerprint density at radius 3 is 2.15 bits per heavy atom. The molecule has 0 spiro atoms. The molecule has 0 radical (unpaired) electrons. The number of rotatable bonds is 4. The Hall–Kier alpha value is -0.590. The van der Waals surface area contributed by atoms with Crippen molar-refractivity contribution in [3.63, 3.8) is 0 Å². The topological polar surface area (TPSA) is 0 Å². The Bertz CT molecular complexity index is 204. The number of allylic oxidation sites excluding steroid dienone is 3. The van der Waals surface area contributed by atoms with Gasteiger partial charge in [-0.3, -0.25) is 0 Å². The molecule has 1 heteroatoms. The molecule has 0 atom stereocenters. The molecule has 0 amide bonds. The summed E-state index contributed by atoms with van der Waals surface area (Å²) in [4.78, 5) is 0. The minimum Gasteiger partial charge on any atom is -0.240 e. The highest BCUT2D eigenvalue weighted by Crippen LogP contribution is 2.25. The number of hydrogen-bond acceptors (Lipinski definition) is 0. The fourth-order valence-electron chi connectivity index (χ4n) is 1.08. The average molecular weight is 184 g/mol. The molecule has 0 bridgehead atoms. The lowest BCUT2D eigenvalue weighted by Gasteiger charge is -2.19. The van der Waals surface area contributed by atoms with Gasteiger partial charge in [-0.1, -0.05) is 39.0 Å². The van der Waals surface area contributed by atoms with Gasteiger partial charge >= 0.3 is 0 Å². The van der Waals surface area contributed by atoms with Crippen LogP contribution in [0.2, 0.25) is 0 Å². The van der Waals surface area contributed by atoms with Gasteiger partial charge in [0.15, 0.2) is 0 Å². The Morgan fingerprint density at radius 1 is 1.46 bits per heavy atom. The third kappa shape index (κ3) is 4.25. The van der Waals surface area contributed by atoms with Crippen molar-refractivity contribution in [3.05, 3.63) is 23.8 Å². The van der Waals surface area contributed by atoms with Crippen molar-refractivity contribution < 1.29 is 4.39 Å². The maximum Gasteiger partial charge on any atom is 0.126 e. The number of halogens is 1. The Labute approximate surface area is 81.5 Å². The van der Waals surface area contributed by atoms with Crippen LogP contribution in [0.5, 0.6) is 0 Å². The van der Waals surface area contributed by atoms with Gasteiger partial charge in [0, 0.05) is 0 Å². The molecule has 0 aliphatic rings. The maximum absolute atomic E-state index is 13.6. The van der Waals surface area contributed by atoms with Crippen LogP contribution in [0.4, 0.5) is 4.39 Å². The van der Waals surface area contributed by atoms with Crippen LogP contribution < -0.4 is 0 Å². The minimum absolute atomic E-state index is 0.392. The molecule has 0 aromatic heterocycles. The van der Waals surface area contributed by atoms with Crippen LogP contribution in [0.25, 0.3) is 0 Å². The van der Waals surface area contributed by atoms with E-state index in [1.807, 2.05) is 13.0 Å². The zero-order valence-electron chi connectivity index (χ0n) is 9.45. The summed E-state index contributed by atoms with van der Waals surface area (Å²) in [5.74, 6) is 0.392. The van der Waals surface area contributed by atoms with Crippen LogP contribution in [0.15, 0.2) is 23.8 Å². The van der Waals surface area contributed by atoms with Gasteiger partial charge in [0.1, 0.15) is 5.67 Å². The maximum atomic E-state index is 13.6.